The Morgan fingerprint density at radius 3 is 2.27 bits per heavy atom. The lowest BCUT2D eigenvalue weighted by atomic mass is 10.4. The molecule has 5 heteroatoms. The standard InChI is InChI=1S/C6H3Cl4N/c7-4-1-2-11-5(3-4)6(8,9)10/h1-3H. The molecule has 1 aromatic rings. The van der Waals surface area contributed by atoms with E-state index in [1.165, 1.54) is 12.3 Å². The van der Waals surface area contributed by atoms with Crippen LogP contribution in [0.15, 0.2) is 18.3 Å². The van der Waals surface area contributed by atoms with E-state index >= 15 is 0 Å². The minimum atomic E-state index is -1.50. The molecule has 0 spiro atoms. The van der Waals surface area contributed by atoms with Gasteiger partial charge in [-0.05, 0) is 12.1 Å². The van der Waals surface area contributed by atoms with E-state index in [-0.39, 0.29) is 0 Å². The second-order valence-corrected chi connectivity index (χ2v) is 4.57. The molecule has 60 valence electrons. The Morgan fingerprint density at radius 1 is 1.27 bits per heavy atom. The van der Waals surface area contributed by atoms with Gasteiger partial charge in [0.1, 0.15) is 0 Å². The number of halogens is 4. The highest BCUT2D eigenvalue weighted by Crippen LogP contribution is 2.37. The minimum Gasteiger partial charge on any atom is -0.257 e. The molecule has 0 radical (unpaired) electrons. The van der Waals surface area contributed by atoms with Crippen molar-refractivity contribution in [3.05, 3.63) is 29.0 Å². The summed E-state index contributed by atoms with van der Waals surface area (Å²) in [6, 6.07) is 3.12. The summed E-state index contributed by atoms with van der Waals surface area (Å²) < 4.78 is -1.50. The van der Waals surface area contributed by atoms with Gasteiger partial charge in [0.05, 0.1) is 5.69 Å². The summed E-state index contributed by atoms with van der Waals surface area (Å²) in [6.45, 7) is 0. The van der Waals surface area contributed by atoms with Crippen molar-refractivity contribution in [1.82, 2.24) is 4.98 Å². The summed E-state index contributed by atoms with van der Waals surface area (Å²) in [5.41, 5.74) is 0.329. The molecule has 0 aliphatic carbocycles. The van der Waals surface area contributed by atoms with Crippen molar-refractivity contribution in [3.8, 4) is 0 Å². The van der Waals surface area contributed by atoms with Crippen molar-refractivity contribution in [2.45, 2.75) is 3.79 Å². The Morgan fingerprint density at radius 2 is 1.91 bits per heavy atom. The Labute approximate surface area is 84.2 Å². The van der Waals surface area contributed by atoms with Crippen LogP contribution in [0.1, 0.15) is 5.69 Å². The fourth-order valence-electron chi connectivity index (χ4n) is 0.560. The third kappa shape index (κ3) is 2.68. The van der Waals surface area contributed by atoms with E-state index in [1.54, 1.807) is 6.07 Å². The van der Waals surface area contributed by atoms with Gasteiger partial charge in [-0.3, -0.25) is 4.98 Å². The zero-order valence-electron chi connectivity index (χ0n) is 5.19. The van der Waals surface area contributed by atoms with Gasteiger partial charge in [0.15, 0.2) is 0 Å². The average molecular weight is 231 g/mol. The van der Waals surface area contributed by atoms with Crippen LogP contribution in [-0.2, 0) is 3.79 Å². The third-order valence-corrected chi connectivity index (χ3v) is 1.83. The Hall–Kier alpha value is 0.310. The molecule has 1 nitrogen and oxygen atoms in total. The van der Waals surface area contributed by atoms with Gasteiger partial charge < -0.3 is 0 Å². The van der Waals surface area contributed by atoms with Crippen LogP contribution in [0.4, 0.5) is 0 Å². The molecule has 0 amide bonds. The number of rotatable bonds is 0. The highest BCUT2D eigenvalue weighted by atomic mass is 35.6. The predicted molar refractivity (Wildman–Crippen MR) is 48.5 cm³/mol. The monoisotopic (exact) mass is 229 g/mol. The summed E-state index contributed by atoms with van der Waals surface area (Å²) in [5.74, 6) is 0. The van der Waals surface area contributed by atoms with Crippen molar-refractivity contribution in [2.24, 2.45) is 0 Å². The second kappa shape index (κ2) is 3.36. The van der Waals surface area contributed by atoms with Crippen LogP contribution in [0.3, 0.4) is 0 Å². The molecule has 0 aliphatic rings. The van der Waals surface area contributed by atoms with E-state index < -0.39 is 3.79 Å². The number of alkyl halides is 3. The van der Waals surface area contributed by atoms with Gasteiger partial charge in [-0.2, -0.15) is 0 Å². The lowest BCUT2D eigenvalue weighted by molar-refractivity contribution is 1.09. The zero-order chi connectivity index (χ0) is 8.48. The van der Waals surface area contributed by atoms with E-state index in [0.29, 0.717) is 10.7 Å². The van der Waals surface area contributed by atoms with Gasteiger partial charge in [-0.15, -0.1) is 0 Å². The summed E-state index contributed by atoms with van der Waals surface area (Å²) >= 11 is 22.3. The van der Waals surface area contributed by atoms with Crippen LogP contribution in [-0.4, -0.2) is 4.98 Å². The molecule has 0 saturated carbocycles. The molecule has 0 N–H and O–H groups in total. The van der Waals surface area contributed by atoms with Crippen LogP contribution in [0, 0.1) is 0 Å². The fourth-order valence-corrected chi connectivity index (χ4v) is 1.03. The summed E-state index contributed by atoms with van der Waals surface area (Å²) in [6.07, 6.45) is 1.49. The van der Waals surface area contributed by atoms with Crippen molar-refractivity contribution < 1.29 is 0 Å². The quantitative estimate of drug-likeness (QED) is 0.622. The first-order chi connectivity index (χ1) is 5.00. The molecule has 0 aromatic carbocycles. The SMILES string of the molecule is Clc1ccnc(C(Cl)(Cl)Cl)c1. The van der Waals surface area contributed by atoms with Crippen molar-refractivity contribution in [1.29, 1.82) is 0 Å². The Bertz CT molecular complexity index is 255. The lowest BCUT2D eigenvalue weighted by Crippen LogP contribution is -2.02. The largest absolute Gasteiger partial charge is 0.257 e. The first-order valence-corrected chi connectivity index (χ1v) is 4.20. The lowest BCUT2D eigenvalue weighted by Gasteiger charge is -2.08. The summed E-state index contributed by atoms with van der Waals surface area (Å²) in [4.78, 5) is 3.83. The van der Waals surface area contributed by atoms with Crippen LogP contribution < -0.4 is 0 Å². The highest BCUT2D eigenvalue weighted by Gasteiger charge is 2.24. The van der Waals surface area contributed by atoms with Crippen LogP contribution >= 0.6 is 46.4 Å². The average Bonchev–Trinajstić information content (AvgIpc) is 1.86. The maximum Gasteiger partial charge on any atom is 0.232 e. The van der Waals surface area contributed by atoms with E-state index in [0.717, 1.165) is 0 Å². The van der Waals surface area contributed by atoms with Gasteiger partial charge in [-0.1, -0.05) is 46.4 Å². The molecule has 11 heavy (non-hydrogen) atoms. The number of hydrogen-bond donors (Lipinski definition) is 0. The van der Waals surface area contributed by atoms with Gasteiger partial charge in [0.2, 0.25) is 3.79 Å². The first kappa shape index (κ1) is 9.40. The normalized spacial score (nSPS) is 11.6. The molecule has 0 unspecified atom stereocenters. The molecule has 0 bridgehead atoms. The van der Waals surface area contributed by atoms with Gasteiger partial charge in [0, 0.05) is 11.2 Å². The Kier molecular flexibility index (Phi) is 2.87. The maximum absolute atomic E-state index is 5.63. The Balaban J connectivity index is 3.06. The fraction of sp³-hybridized carbons (Fsp3) is 0.167. The molecule has 0 fully saturated rings. The van der Waals surface area contributed by atoms with Crippen LogP contribution in [0.5, 0.6) is 0 Å². The number of aromatic nitrogens is 1. The molecule has 1 aromatic heterocycles. The minimum absolute atomic E-state index is 0.329. The van der Waals surface area contributed by atoms with Gasteiger partial charge in [-0.25, -0.2) is 0 Å². The molecule has 0 saturated heterocycles. The predicted octanol–water partition coefficient (Wildman–Crippen LogP) is 3.56. The molecular formula is C6H3Cl4N. The van der Waals surface area contributed by atoms with Gasteiger partial charge in [0.25, 0.3) is 0 Å². The van der Waals surface area contributed by atoms with Gasteiger partial charge >= 0.3 is 0 Å². The smallest absolute Gasteiger partial charge is 0.232 e. The van der Waals surface area contributed by atoms with E-state index in [9.17, 15) is 0 Å². The third-order valence-electron chi connectivity index (χ3n) is 1.01. The van der Waals surface area contributed by atoms with Crippen LogP contribution in [0.2, 0.25) is 5.02 Å². The van der Waals surface area contributed by atoms with E-state index in [4.69, 9.17) is 46.4 Å². The van der Waals surface area contributed by atoms with E-state index in [2.05, 4.69) is 4.98 Å². The molecule has 0 aliphatic heterocycles. The maximum atomic E-state index is 5.63. The summed E-state index contributed by atoms with van der Waals surface area (Å²) in [7, 11) is 0. The van der Waals surface area contributed by atoms with Crippen molar-refractivity contribution in [3.63, 3.8) is 0 Å². The second-order valence-electron chi connectivity index (χ2n) is 1.86. The van der Waals surface area contributed by atoms with E-state index in [1.807, 2.05) is 0 Å². The molecule has 0 atom stereocenters. The number of nitrogens with zero attached hydrogens (tertiary/aromatic N) is 1. The summed E-state index contributed by atoms with van der Waals surface area (Å²) in [5, 5.41) is 0.501. The van der Waals surface area contributed by atoms with Crippen molar-refractivity contribution in [2.75, 3.05) is 0 Å². The molecule has 1 rings (SSSR count). The molecular weight excluding hydrogens is 228 g/mol. The topological polar surface area (TPSA) is 12.9 Å². The number of pyridine rings is 1. The van der Waals surface area contributed by atoms with Crippen molar-refractivity contribution >= 4 is 46.4 Å². The number of hydrogen-bond acceptors (Lipinski definition) is 1. The first-order valence-electron chi connectivity index (χ1n) is 2.69. The highest BCUT2D eigenvalue weighted by molar-refractivity contribution is 6.66. The zero-order valence-corrected chi connectivity index (χ0v) is 8.21. The van der Waals surface area contributed by atoms with Crippen LogP contribution in [0.25, 0.3) is 0 Å². The molecule has 1 heterocycles.